The molecule has 0 aliphatic carbocycles. The van der Waals surface area contributed by atoms with Gasteiger partial charge in [0.05, 0.1) is 12.1 Å². The van der Waals surface area contributed by atoms with Gasteiger partial charge in [0, 0.05) is 12.3 Å². The summed E-state index contributed by atoms with van der Waals surface area (Å²) < 4.78 is 5.43. The maximum absolute atomic E-state index is 10.7. The van der Waals surface area contributed by atoms with Crippen molar-refractivity contribution in [3.63, 3.8) is 0 Å². The SMILES string of the molecule is CC1CNc2ncc(C(=O)O)cc2O1. The molecule has 1 aromatic rings. The van der Waals surface area contributed by atoms with Gasteiger partial charge in [0.2, 0.25) is 0 Å². The van der Waals surface area contributed by atoms with Gasteiger partial charge in [0.15, 0.2) is 11.6 Å². The van der Waals surface area contributed by atoms with Gasteiger partial charge in [0.25, 0.3) is 0 Å². The van der Waals surface area contributed by atoms with Crippen molar-refractivity contribution in [2.75, 3.05) is 11.9 Å². The second-order valence-corrected chi connectivity index (χ2v) is 3.19. The molecule has 1 unspecified atom stereocenters. The van der Waals surface area contributed by atoms with Crippen molar-refractivity contribution in [3.05, 3.63) is 17.8 Å². The smallest absolute Gasteiger partial charge is 0.337 e. The largest absolute Gasteiger partial charge is 0.485 e. The number of aromatic nitrogens is 1. The number of aromatic carboxylic acids is 1. The molecule has 0 aromatic carbocycles. The van der Waals surface area contributed by atoms with E-state index in [4.69, 9.17) is 9.84 Å². The Balaban J connectivity index is 2.37. The van der Waals surface area contributed by atoms with Gasteiger partial charge in [-0.2, -0.15) is 0 Å². The summed E-state index contributed by atoms with van der Waals surface area (Å²) in [6.07, 6.45) is 1.35. The number of ether oxygens (including phenoxy) is 1. The molecule has 5 nitrogen and oxygen atoms in total. The zero-order valence-corrected chi connectivity index (χ0v) is 7.65. The van der Waals surface area contributed by atoms with Gasteiger partial charge in [-0.1, -0.05) is 0 Å². The minimum absolute atomic E-state index is 0.0355. The minimum atomic E-state index is -0.998. The van der Waals surface area contributed by atoms with Gasteiger partial charge < -0.3 is 15.2 Å². The third-order valence-electron chi connectivity index (χ3n) is 1.98. The van der Waals surface area contributed by atoms with E-state index in [0.717, 1.165) is 0 Å². The zero-order chi connectivity index (χ0) is 10.1. The Morgan fingerprint density at radius 1 is 1.79 bits per heavy atom. The predicted octanol–water partition coefficient (Wildman–Crippen LogP) is 0.973. The number of anilines is 1. The van der Waals surface area contributed by atoms with Crippen LogP contribution in [-0.2, 0) is 0 Å². The lowest BCUT2D eigenvalue weighted by atomic mass is 10.2. The Morgan fingerprint density at radius 2 is 2.57 bits per heavy atom. The maximum atomic E-state index is 10.7. The third-order valence-corrected chi connectivity index (χ3v) is 1.98. The van der Waals surface area contributed by atoms with Gasteiger partial charge in [0.1, 0.15) is 6.10 Å². The second-order valence-electron chi connectivity index (χ2n) is 3.19. The molecule has 74 valence electrons. The molecular formula is C9H10N2O3. The van der Waals surface area contributed by atoms with Crippen molar-refractivity contribution >= 4 is 11.8 Å². The van der Waals surface area contributed by atoms with E-state index in [1.165, 1.54) is 12.3 Å². The molecule has 2 rings (SSSR count). The molecule has 2 N–H and O–H groups in total. The van der Waals surface area contributed by atoms with Crippen LogP contribution in [-0.4, -0.2) is 28.7 Å². The topological polar surface area (TPSA) is 71.5 Å². The number of nitrogens with one attached hydrogen (secondary N) is 1. The summed E-state index contributed by atoms with van der Waals surface area (Å²) in [5, 5.41) is 11.8. The maximum Gasteiger partial charge on any atom is 0.337 e. The van der Waals surface area contributed by atoms with E-state index < -0.39 is 5.97 Å². The van der Waals surface area contributed by atoms with Crippen LogP contribution in [0.2, 0.25) is 0 Å². The Labute approximate surface area is 80.7 Å². The van der Waals surface area contributed by atoms with Crippen molar-refractivity contribution in [2.24, 2.45) is 0 Å². The lowest BCUT2D eigenvalue weighted by Gasteiger charge is -2.23. The highest BCUT2D eigenvalue weighted by atomic mass is 16.5. The van der Waals surface area contributed by atoms with E-state index in [0.29, 0.717) is 18.1 Å². The fourth-order valence-corrected chi connectivity index (χ4v) is 1.28. The van der Waals surface area contributed by atoms with Crippen LogP contribution in [0, 0.1) is 0 Å². The Bertz CT molecular complexity index is 378. The monoisotopic (exact) mass is 194 g/mol. The summed E-state index contributed by atoms with van der Waals surface area (Å²) in [6.45, 7) is 2.59. The molecule has 14 heavy (non-hydrogen) atoms. The van der Waals surface area contributed by atoms with Crippen molar-refractivity contribution in [1.82, 2.24) is 4.98 Å². The number of carbonyl (C=O) groups is 1. The lowest BCUT2D eigenvalue weighted by Crippen LogP contribution is -2.28. The predicted molar refractivity (Wildman–Crippen MR) is 49.8 cm³/mol. The molecule has 0 spiro atoms. The zero-order valence-electron chi connectivity index (χ0n) is 7.65. The highest BCUT2D eigenvalue weighted by Crippen LogP contribution is 2.27. The fourth-order valence-electron chi connectivity index (χ4n) is 1.28. The molecule has 0 amide bonds. The van der Waals surface area contributed by atoms with Crippen LogP contribution in [0.4, 0.5) is 5.82 Å². The van der Waals surface area contributed by atoms with E-state index in [1.807, 2.05) is 6.92 Å². The Hall–Kier alpha value is -1.78. The first-order chi connectivity index (χ1) is 6.66. The van der Waals surface area contributed by atoms with Crippen LogP contribution in [0.1, 0.15) is 17.3 Å². The van der Waals surface area contributed by atoms with Crippen LogP contribution in [0.5, 0.6) is 5.75 Å². The number of rotatable bonds is 1. The van der Waals surface area contributed by atoms with E-state index in [1.54, 1.807) is 0 Å². The highest BCUT2D eigenvalue weighted by Gasteiger charge is 2.18. The molecule has 1 atom stereocenters. The van der Waals surface area contributed by atoms with Gasteiger partial charge in [-0.25, -0.2) is 9.78 Å². The molecule has 0 fully saturated rings. The van der Waals surface area contributed by atoms with Gasteiger partial charge >= 0.3 is 5.97 Å². The van der Waals surface area contributed by atoms with Gasteiger partial charge in [-0.15, -0.1) is 0 Å². The number of pyridine rings is 1. The summed E-state index contributed by atoms with van der Waals surface area (Å²) >= 11 is 0. The molecule has 0 saturated heterocycles. The van der Waals surface area contributed by atoms with Gasteiger partial charge in [-0.3, -0.25) is 0 Å². The Kier molecular flexibility index (Phi) is 1.99. The quantitative estimate of drug-likeness (QED) is 0.697. The van der Waals surface area contributed by atoms with E-state index in [-0.39, 0.29) is 11.7 Å². The number of hydrogen-bond acceptors (Lipinski definition) is 4. The van der Waals surface area contributed by atoms with Crippen molar-refractivity contribution in [3.8, 4) is 5.75 Å². The first-order valence-electron chi connectivity index (χ1n) is 4.30. The third kappa shape index (κ3) is 1.48. The van der Waals surface area contributed by atoms with Crippen LogP contribution in [0.3, 0.4) is 0 Å². The second kappa shape index (κ2) is 3.17. The summed E-state index contributed by atoms with van der Waals surface area (Å²) in [4.78, 5) is 14.6. The molecule has 1 aromatic heterocycles. The standard InChI is InChI=1S/C9H10N2O3/c1-5-3-10-8-7(14-5)2-6(4-11-8)9(12)13/h2,4-5H,3H2,1H3,(H,10,11)(H,12,13). The van der Waals surface area contributed by atoms with Crippen molar-refractivity contribution < 1.29 is 14.6 Å². The molecule has 0 saturated carbocycles. The molecule has 1 aliphatic heterocycles. The minimum Gasteiger partial charge on any atom is -0.485 e. The molecule has 2 heterocycles. The number of hydrogen-bond donors (Lipinski definition) is 2. The van der Waals surface area contributed by atoms with Gasteiger partial charge in [-0.05, 0) is 6.92 Å². The van der Waals surface area contributed by atoms with E-state index in [9.17, 15) is 4.79 Å². The van der Waals surface area contributed by atoms with Crippen LogP contribution >= 0.6 is 0 Å². The number of fused-ring (bicyclic) bond motifs is 1. The van der Waals surface area contributed by atoms with Crippen molar-refractivity contribution in [1.29, 1.82) is 0 Å². The molecule has 1 aliphatic rings. The van der Waals surface area contributed by atoms with Crippen LogP contribution < -0.4 is 10.1 Å². The van der Waals surface area contributed by atoms with Crippen molar-refractivity contribution in [2.45, 2.75) is 13.0 Å². The molecular weight excluding hydrogens is 184 g/mol. The normalized spacial score (nSPS) is 19.1. The number of carboxylic acid groups (broad SMARTS) is 1. The first-order valence-corrected chi connectivity index (χ1v) is 4.30. The van der Waals surface area contributed by atoms with E-state index >= 15 is 0 Å². The number of nitrogens with zero attached hydrogens (tertiary/aromatic N) is 1. The molecule has 0 radical (unpaired) electrons. The lowest BCUT2D eigenvalue weighted by molar-refractivity contribution is 0.0695. The Morgan fingerprint density at radius 3 is 3.29 bits per heavy atom. The first kappa shape index (κ1) is 8.80. The van der Waals surface area contributed by atoms with Crippen LogP contribution in [0.15, 0.2) is 12.3 Å². The summed E-state index contributed by atoms with van der Waals surface area (Å²) in [5.41, 5.74) is 0.139. The van der Waals surface area contributed by atoms with E-state index in [2.05, 4.69) is 10.3 Å². The summed E-state index contributed by atoms with van der Waals surface area (Å²) in [6, 6.07) is 1.48. The molecule has 5 heteroatoms. The average Bonchev–Trinajstić information content (AvgIpc) is 2.16. The highest BCUT2D eigenvalue weighted by molar-refractivity contribution is 5.88. The average molecular weight is 194 g/mol. The summed E-state index contributed by atoms with van der Waals surface area (Å²) in [5.74, 6) is 0.110. The number of carboxylic acids is 1. The fraction of sp³-hybridized carbons (Fsp3) is 0.333. The molecule has 0 bridgehead atoms. The summed E-state index contributed by atoms with van der Waals surface area (Å²) in [7, 11) is 0. The van der Waals surface area contributed by atoms with Crippen LogP contribution in [0.25, 0.3) is 0 Å².